The quantitative estimate of drug-likeness (QED) is 0.206. The first kappa shape index (κ1) is 19.4. The summed E-state index contributed by atoms with van der Waals surface area (Å²) in [5.41, 5.74) is 6.19. The maximum absolute atomic E-state index is 3.54. The van der Waals surface area contributed by atoms with E-state index in [1.165, 1.54) is 37.0 Å². The van der Waals surface area contributed by atoms with Crippen molar-refractivity contribution >= 4 is 37.2 Å². The molecule has 1 heterocycles. The van der Waals surface area contributed by atoms with E-state index in [2.05, 4.69) is 105 Å². The van der Waals surface area contributed by atoms with Crippen molar-refractivity contribution in [2.45, 2.75) is 26.7 Å². The zero-order chi connectivity index (χ0) is 20.4. The van der Waals surface area contributed by atoms with Crippen LogP contribution in [-0.4, -0.2) is 14.1 Å². The highest BCUT2D eigenvalue weighted by Crippen LogP contribution is 2.35. The molecule has 0 radical (unpaired) electrons. The molecular formula is C27H26NS+. The summed E-state index contributed by atoms with van der Waals surface area (Å²) in [6.45, 7) is 4.47. The second kappa shape index (κ2) is 8.23. The van der Waals surface area contributed by atoms with Crippen molar-refractivity contribution in [3.05, 3.63) is 82.9 Å². The molecule has 3 aromatic carbocycles. The van der Waals surface area contributed by atoms with Crippen LogP contribution in [0.3, 0.4) is 0 Å². The van der Waals surface area contributed by atoms with Crippen LogP contribution in [-0.2, 0) is 12.8 Å². The lowest BCUT2D eigenvalue weighted by atomic mass is 9.99. The van der Waals surface area contributed by atoms with Gasteiger partial charge in [-0.3, -0.25) is 0 Å². The lowest BCUT2D eigenvalue weighted by Crippen LogP contribution is -2.07. The van der Waals surface area contributed by atoms with Crippen molar-refractivity contribution in [2.24, 2.45) is 0 Å². The van der Waals surface area contributed by atoms with E-state index in [1.807, 2.05) is 11.3 Å². The van der Waals surface area contributed by atoms with Crippen molar-refractivity contribution < 1.29 is 0 Å². The largest absolute Gasteiger partial charge is 0.378 e. The van der Waals surface area contributed by atoms with Gasteiger partial charge in [-0.25, -0.2) is 0 Å². The topological polar surface area (TPSA) is 3.24 Å². The summed E-state index contributed by atoms with van der Waals surface area (Å²) in [6, 6.07) is 21.8. The molecule has 0 N–H and O–H groups in total. The van der Waals surface area contributed by atoms with E-state index in [0.29, 0.717) is 0 Å². The molecular weight excluding hydrogens is 370 g/mol. The van der Waals surface area contributed by atoms with Crippen LogP contribution >= 0.6 is 11.3 Å². The Bertz CT molecular complexity index is 1240. The Morgan fingerprint density at radius 3 is 2.28 bits per heavy atom. The van der Waals surface area contributed by atoms with Crippen molar-refractivity contribution in [2.75, 3.05) is 19.0 Å². The highest BCUT2D eigenvalue weighted by atomic mass is 32.1. The number of rotatable bonds is 3. The van der Waals surface area contributed by atoms with E-state index in [-0.39, 0.29) is 0 Å². The highest BCUT2D eigenvalue weighted by Gasteiger charge is 2.19. The zero-order valence-electron chi connectivity index (χ0n) is 17.5. The molecule has 0 aliphatic heterocycles. The van der Waals surface area contributed by atoms with Gasteiger partial charge in [0.25, 0.3) is 0 Å². The van der Waals surface area contributed by atoms with E-state index in [0.717, 1.165) is 24.0 Å². The fraction of sp³-hybridized carbons (Fsp3) is 0.222. The van der Waals surface area contributed by atoms with Crippen LogP contribution in [0.4, 0.5) is 5.69 Å². The van der Waals surface area contributed by atoms with Gasteiger partial charge in [-0.05, 0) is 54.8 Å². The number of anilines is 1. The molecule has 0 bridgehead atoms. The molecule has 1 aromatic heterocycles. The van der Waals surface area contributed by atoms with Gasteiger partial charge in [0, 0.05) is 37.0 Å². The molecule has 29 heavy (non-hydrogen) atoms. The molecule has 2 heteroatoms. The molecule has 0 fully saturated rings. The molecule has 0 unspecified atom stereocenters. The van der Waals surface area contributed by atoms with E-state index in [4.69, 9.17) is 0 Å². The fourth-order valence-electron chi connectivity index (χ4n) is 3.66. The molecule has 144 valence electrons. The Labute approximate surface area is 177 Å². The maximum atomic E-state index is 3.54. The lowest BCUT2D eigenvalue weighted by Gasteiger charge is -2.11. The van der Waals surface area contributed by atoms with Crippen molar-refractivity contribution in [1.82, 2.24) is 0 Å². The maximum Gasteiger partial charge on any atom is 0.243 e. The first-order valence-electron chi connectivity index (χ1n) is 10.2. The predicted octanol–water partition coefficient (Wildman–Crippen LogP) is 6.93. The summed E-state index contributed by atoms with van der Waals surface area (Å²) in [6.07, 6.45) is 2.08. The van der Waals surface area contributed by atoms with Gasteiger partial charge in [0.15, 0.2) is 0 Å². The first-order valence-corrected chi connectivity index (χ1v) is 11.0. The number of aryl methyl sites for hydroxylation is 2. The summed E-state index contributed by atoms with van der Waals surface area (Å²) in [5.74, 6) is 6.96. The van der Waals surface area contributed by atoms with Gasteiger partial charge in [0.2, 0.25) is 20.7 Å². The number of hydrogen-bond acceptors (Lipinski definition) is 1. The summed E-state index contributed by atoms with van der Waals surface area (Å²) in [7, 11) is 4.11. The van der Waals surface area contributed by atoms with Crippen molar-refractivity contribution in [1.29, 1.82) is 0 Å². The number of fused-ring (bicyclic) bond motifs is 2. The highest BCUT2D eigenvalue weighted by molar-refractivity contribution is 7.24. The van der Waals surface area contributed by atoms with Gasteiger partial charge in [-0.2, -0.15) is 0 Å². The molecule has 0 aliphatic carbocycles. The minimum Gasteiger partial charge on any atom is -0.378 e. The molecule has 0 aliphatic rings. The summed E-state index contributed by atoms with van der Waals surface area (Å²) < 4.78 is 2.67. The number of nitrogens with zero attached hydrogens (tertiary/aromatic N) is 1. The summed E-state index contributed by atoms with van der Waals surface area (Å²) in [5, 5.41) is 2.54. The average molecular weight is 397 g/mol. The SMILES string of the molecule is CCc1cc(CC)c2[s+]c3ccccc3c(C#Cc3ccc(N(C)C)cc3)c2c1. The second-order valence-electron chi connectivity index (χ2n) is 7.50. The molecule has 4 rings (SSSR count). The lowest BCUT2D eigenvalue weighted by molar-refractivity contribution is 1.11. The van der Waals surface area contributed by atoms with Crippen LogP contribution in [0.5, 0.6) is 0 Å². The zero-order valence-corrected chi connectivity index (χ0v) is 18.4. The first-order chi connectivity index (χ1) is 14.1. The third-order valence-corrected chi connectivity index (χ3v) is 6.63. The Kier molecular flexibility index (Phi) is 5.51. The molecule has 0 amide bonds. The minimum atomic E-state index is 1.04. The average Bonchev–Trinajstić information content (AvgIpc) is 2.76. The van der Waals surface area contributed by atoms with Gasteiger partial charge < -0.3 is 4.90 Å². The van der Waals surface area contributed by atoms with E-state index < -0.39 is 0 Å². The standard InChI is InChI=1S/C27H26NS/c1-5-19-17-21(6-2)27-25(18-19)23(24-9-7-8-10-26(24)29-27)16-13-20-11-14-22(15-12-20)28(3)4/h7-12,14-15,17-18H,5-6H2,1-4H3/q+1. The molecule has 0 saturated carbocycles. The number of benzene rings is 3. The third kappa shape index (κ3) is 3.84. The number of hydrogen-bond donors (Lipinski definition) is 0. The Hall–Kier alpha value is -2.89. The van der Waals surface area contributed by atoms with E-state index >= 15 is 0 Å². The fourth-order valence-corrected chi connectivity index (χ4v) is 4.91. The van der Waals surface area contributed by atoms with Gasteiger partial charge >= 0.3 is 0 Å². The van der Waals surface area contributed by atoms with Crippen LogP contribution in [0.15, 0.2) is 60.7 Å². The second-order valence-corrected chi connectivity index (χ2v) is 8.56. The van der Waals surface area contributed by atoms with Crippen molar-refractivity contribution in [3.8, 4) is 11.8 Å². The van der Waals surface area contributed by atoms with E-state index in [1.54, 1.807) is 0 Å². The molecule has 4 aromatic rings. The predicted molar refractivity (Wildman–Crippen MR) is 129 cm³/mol. The molecule has 1 nitrogen and oxygen atoms in total. The van der Waals surface area contributed by atoms with Crippen molar-refractivity contribution in [3.63, 3.8) is 0 Å². The Morgan fingerprint density at radius 2 is 1.59 bits per heavy atom. The van der Waals surface area contributed by atoms with E-state index in [9.17, 15) is 0 Å². The van der Waals surface area contributed by atoms with Gasteiger partial charge in [-0.15, -0.1) is 0 Å². The molecule has 0 saturated heterocycles. The minimum absolute atomic E-state index is 1.04. The van der Waals surface area contributed by atoms with Crippen LogP contribution < -0.4 is 4.90 Å². The monoisotopic (exact) mass is 396 g/mol. The molecule has 0 spiro atoms. The Balaban J connectivity index is 1.96. The van der Waals surface area contributed by atoms with Gasteiger partial charge in [0.1, 0.15) is 0 Å². The summed E-state index contributed by atoms with van der Waals surface area (Å²) >= 11 is 1.89. The van der Waals surface area contributed by atoms with Crippen LogP contribution in [0, 0.1) is 11.8 Å². The van der Waals surface area contributed by atoms with Gasteiger partial charge in [0.05, 0.1) is 16.3 Å². The van der Waals surface area contributed by atoms with Crippen LogP contribution in [0.25, 0.3) is 20.2 Å². The van der Waals surface area contributed by atoms with Gasteiger partial charge in [-0.1, -0.05) is 43.9 Å². The molecule has 0 atom stereocenters. The third-order valence-electron chi connectivity index (χ3n) is 5.37. The van der Waals surface area contributed by atoms with Crippen LogP contribution in [0.2, 0.25) is 0 Å². The normalized spacial score (nSPS) is 10.8. The smallest absolute Gasteiger partial charge is 0.243 e. The Morgan fingerprint density at radius 1 is 0.828 bits per heavy atom. The van der Waals surface area contributed by atoms with Crippen LogP contribution in [0.1, 0.15) is 36.1 Å². The summed E-state index contributed by atoms with van der Waals surface area (Å²) in [4.78, 5) is 2.11.